The Hall–Kier alpha value is -1.95. The molecule has 1 aromatic carbocycles. The number of aliphatic carboxylic acids is 1. The van der Waals surface area contributed by atoms with Crippen molar-refractivity contribution in [3.8, 4) is 0 Å². The van der Waals surface area contributed by atoms with E-state index in [-0.39, 0.29) is 17.8 Å². The Kier molecular flexibility index (Phi) is 4.90. The maximum atomic E-state index is 12.9. The summed E-state index contributed by atoms with van der Waals surface area (Å²) in [5.41, 5.74) is 0.933. The van der Waals surface area contributed by atoms with Crippen molar-refractivity contribution in [2.75, 3.05) is 6.54 Å². The Bertz CT molecular complexity index is 518. The molecule has 0 spiro atoms. The van der Waals surface area contributed by atoms with Gasteiger partial charge >= 0.3 is 5.97 Å². The van der Waals surface area contributed by atoms with Crippen LogP contribution < -0.4 is 5.32 Å². The van der Waals surface area contributed by atoms with Crippen molar-refractivity contribution in [3.05, 3.63) is 35.6 Å². The number of amides is 1. The standard InChI is InChI=1S/C15H19FN2O3/c1-10(15(20)21)17-14(19)13-3-2-8-18(13)9-11-4-6-12(16)7-5-11/h4-7,10,13H,2-3,8-9H2,1H3,(H,17,19)(H,20,21)/t10-,13?/m1/s1. The molecular formula is C15H19FN2O3. The molecule has 1 amide bonds. The molecule has 1 saturated heterocycles. The highest BCUT2D eigenvalue weighted by Gasteiger charge is 2.31. The Morgan fingerprint density at radius 1 is 1.43 bits per heavy atom. The zero-order valence-corrected chi connectivity index (χ0v) is 11.9. The first-order chi connectivity index (χ1) is 9.97. The molecule has 0 radical (unpaired) electrons. The van der Waals surface area contributed by atoms with Crippen molar-refractivity contribution in [2.24, 2.45) is 0 Å². The second-order valence-corrected chi connectivity index (χ2v) is 5.32. The fourth-order valence-corrected chi connectivity index (χ4v) is 2.51. The smallest absolute Gasteiger partial charge is 0.325 e. The van der Waals surface area contributed by atoms with Gasteiger partial charge in [-0.3, -0.25) is 14.5 Å². The lowest BCUT2D eigenvalue weighted by atomic mass is 10.1. The number of carboxylic acids is 1. The highest BCUT2D eigenvalue weighted by Crippen LogP contribution is 2.20. The van der Waals surface area contributed by atoms with Gasteiger partial charge in [-0.2, -0.15) is 0 Å². The summed E-state index contributed by atoms with van der Waals surface area (Å²) >= 11 is 0. The number of likely N-dealkylation sites (tertiary alicyclic amines) is 1. The summed E-state index contributed by atoms with van der Waals surface area (Å²) in [5, 5.41) is 11.3. The number of carboxylic acid groups (broad SMARTS) is 1. The number of carbonyl (C=O) groups excluding carboxylic acids is 1. The number of halogens is 1. The van der Waals surface area contributed by atoms with Gasteiger partial charge in [-0.25, -0.2) is 4.39 Å². The Morgan fingerprint density at radius 3 is 2.71 bits per heavy atom. The average Bonchev–Trinajstić information content (AvgIpc) is 2.89. The van der Waals surface area contributed by atoms with Gasteiger partial charge in [0.25, 0.3) is 0 Å². The predicted octanol–water partition coefficient (Wildman–Crippen LogP) is 1.38. The highest BCUT2D eigenvalue weighted by molar-refractivity contribution is 5.86. The molecule has 6 heteroatoms. The number of hydrogen-bond acceptors (Lipinski definition) is 3. The van der Waals surface area contributed by atoms with Crippen LogP contribution in [0, 0.1) is 5.82 Å². The van der Waals surface area contributed by atoms with Gasteiger partial charge in [-0.1, -0.05) is 12.1 Å². The third-order valence-electron chi connectivity index (χ3n) is 3.69. The fraction of sp³-hybridized carbons (Fsp3) is 0.467. The molecule has 0 saturated carbocycles. The molecule has 1 unspecified atom stereocenters. The van der Waals surface area contributed by atoms with E-state index in [0.29, 0.717) is 13.0 Å². The first-order valence-corrected chi connectivity index (χ1v) is 6.99. The molecule has 1 aliphatic heterocycles. The number of rotatable bonds is 5. The van der Waals surface area contributed by atoms with E-state index >= 15 is 0 Å². The molecule has 1 heterocycles. The van der Waals surface area contributed by atoms with Gasteiger partial charge in [0, 0.05) is 6.54 Å². The highest BCUT2D eigenvalue weighted by atomic mass is 19.1. The topological polar surface area (TPSA) is 69.6 Å². The molecule has 5 nitrogen and oxygen atoms in total. The van der Waals surface area contributed by atoms with Crippen LogP contribution in [-0.4, -0.2) is 40.5 Å². The van der Waals surface area contributed by atoms with Crippen molar-refractivity contribution >= 4 is 11.9 Å². The third kappa shape index (κ3) is 4.01. The van der Waals surface area contributed by atoms with Crippen molar-refractivity contribution in [1.82, 2.24) is 10.2 Å². The average molecular weight is 294 g/mol. The summed E-state index contributed by atoms with van der Waals surface area (Å²) in [6.45, 7) is 2.77. The van der Waals surface area contributed by atoms with Crippen LogP contribution in [0.3, 0.4) is 0 Å². The minimum absolute atomic E-state index is 0.260. The summed E-state index contributed by atoms with van der Waals surface area (Å²) in [4.78, 5) is 24.9. The SMILES string of the molecule is C[C@@H](NC(=O)C1CCCN1Cc1ccc(F)cc1)C(=O)O. The molecule has 1 aromatic rings. The summed E-state index contributed by atoms with van der Waals surface area (Å²) in [6, 6.07) is 4.97. The molecule has 2 rings (SSSR count). The first-order valence-electron chi connectivity index (χ1n) is 6.99. The van der Waals surface area contributed by atoms with Crippen LogP contribution in [-0.2, 0) is 16.1 Å². The van der Waals surface area contributed by atoms with E-state index in [1.54, 1.807) is 12.1 Å². The van der Waals surface area contributed by atoms with E-state index < -0.39 is 12.0 Å². The zero-order valence-electron chi connectivity index (χ0n) is 11.9. The maximum Gasteiger partial charge on any atom is 0.325 e. The van der Waals surface area contributed by atoms with Crippen LogP contribution in [0.1, 0.15) is 25.3 Å². The van der Waals surface area contributed by atoms with Crippen molar-refractivity contribution < 1.29 is 19.1 Å². The first kappa shape index (κ1) is 15.4. The van der Waals surface area contributed by atoms with Crippen LogP contribution >= 0.6 is 0 Å². The van der Waals surface area contributed by atoms with E-state index in [1.807, 2.05) is 4.90 Å². The summed E-state index contributed by atoms with van der Waals surface area (Å²) in [7, 11) is 0. The minimum Gasteiger partial charge on any atom is -0.480 e. The molecule has 1 fully saturated rings. The molecule has 1 aliphatic rings. The van der Waals surface area contributed by atoms with Crippen LogP contribution in [0.15, 0.2) is 24.3 Å². The van der Waals surface area contributed by atoms with E-state index in [0.717, 1.165) is 18.5 Å². The number of carbonyl (C=O) groups is 2. The Labute approximate surface area is 122 Å². The summed E-state index contributed by atoms with van der Waals surface area (Å²) in [6.07, 6.45) is 1.60. The molecule has 2 atom stereocenters. The predicted molar refractivity (Wildman–Crippen MR) is 75.1 cm³/mol. The summed E-state index contributed by atoms with van der Waals surface area (Å²) in [5.74, 6) is -1.60. The lowest BCUT2D eigenvalue weighted by Gasteiger charge is -2.24. The van der Waals surface area contributed by atoms with Crippen molar-refractivity contribution in [2.45, 2.75) is 38.4 Å². The Morgan fingerprint density at radius 2 is 2.10 bits per heavy atom. The van der Waals surface area contributed by atoms with Gasteiger partial charge in [0.1, 0.15) is 11.9 Å². The van der Waals surface area contributed by atoms with Gasteiger partial charge in [-0.15, -0.1) is 0 Å². The number of benzene rings is 1. The second-order valence-electron chi connectivity index (χ2n) is 5.32. The molecule has 0 aromatic heterocycles. The second kappa shape index (κ2) is 6.67. The quantitative estimate of drug-likeness (QED) is 0.861. The zero-order chi connectivity index (χ0) is 15.4. The molecule has 0 aliphatic carbocycles. The molecular weight excluding hydrogens is 275 g/mol. The van der Waals surface area contributed by atoms with E-state index in [4.69, 9.17) is 5.11 Å². The molecule has 2 N–H and O–H groups in total. The fourth-order valence-electron chi connectivity index (χ4n) is 2.51. The van der Waals surface area contributed by atoms with Crippen LogP contribution in [0.4, 0.5) is 4.39 Å². The van der Waals surface area contributed by atoms with Crippen LogP contribution in [0.5, 0.6) is 0 Å². The van der Waals surface area contributed by atoms with Crippen molar-refractivity contribution in [1.29, 1.82) is 0 Å². The Balaban J connectivity index is 1.98. The molecule has 114 valence electrons. The minimum atomic E-state index is -1.05. The van der Waals surface area contributed by atoms with E-state index in [1.165, 1.54) is 19.1 Å². The third-order valence-corrected chi connectivity index (χ3v) is 3.69. The van der Waals surface area contributed by atoms with Gasteiger partial charge in [0.05, 0.1) is 6.04 Å². The van der Waals surface area contributed by atoms with E-state index in [2.05, 4.69) is 5.32 Å². The summed E-state index contributed by atoms with van der Waals surface area (Å²) < 4.78 is 12.9. The maximum absolute atomic E-state index is 12.9. The van der Waals surface area contributed by atoms with Crippen molar-refractivity contribution in [3.63, 3.8) is 0 Å². The van der Waals surface area contributed by atoms with E-state index in [9.17, 15) is 14.0 Å². The number of hydrogen-bond donors (Lipinski definition) is 2. The largest absolute Gasteiger partial charge is 0.480 e. The molecule has 21 heavy (non-hydrogen) atoms. The van der Waals surface area contributed by atoms with Gasteiger partial charge in [0.2, 0.25) is 5.91 Å². The number of nitrogens with one attached hydrogen (secondary N) is 1. The monoisotopic (exact) mass is 294 g/mol. The van der Waals surface area contributed by atoms with Crippen LogP contribution in [0.2, 0.25) is 0 Å². The number of nitrogens with zero attached hydrogens (tertiary/aromatic N) is 1. The lowest BCUT2D eigenvalue weighted by Crippen LogP contribution is -2.48. The van der Waals surface area contributed by atoms with Gasteiger partial charge in [-0.05, 0) is 44.0 Å². The molecule has 0 bridgehead atoms. The van der Waals surface area contributed by atoms with Crippen LogP contribution in [0.25, 0.3) is 0 Å². The van der Waals surface area contributed by atoms with Gasteiger partial charge in [0.15, 0.2) is 0 Å². The lowest BCUT2D eigenvalue weighted by molar-refractivity contribution is -0.142. The van der Waals surface area contributed by atoms with Gasteiger partial charge < -0.3 is 10.4 Å². The normalized spacial score (nSPS) is 20.2.